The maximum Gasteiger partial charge on any atom is 0.325 e. The number of methoxy groups -OCH3 is 2. The minimum atomic E-state index is -0.591. The molecule has 0 amide bonds. The monoisotopic (exact) mass is 201 g/mol. The summed E-state index contributed by atoms with van der Waals surface area (Å²) in [5.74, 6) is -0.207. The zero-order valence-electron chi connectivity index (χ0n) is 9.13. The van der Waals surface area contributed by atoms with Gasteiger partial charge in [-0.1, -0.05) is 0 Å². The van der Waals surface area contributed by atoms with Crippen LogP contribution in [0.3, 0.4) is 0 Å². The van der Waals surface area contributed by atoms with Crippen LogP contribution in [0.2, 0.25) is 0 Å². The van der Waals surface area contributed by atoms with Gasteiger partial charge in [-0.2, -0.15) is 0 Å². The Morgan fingerprint density at radius 1 is 1.50 bits per heavy atom. The molecule has 4 heteroatoms. The predicted molar refractivity (Wildman–Crippen MR) is 53.1 cm³/mol. The fraction of sp³-hybridized carbons (Fsp3) is 0.900. The Morgan fingerprint density at radius 3 is 2.57 bits per heavy atom. The highest BCUT2D eigenvalue weighted by Crippen LogP contribution is 2.24. The van der Waals surface area contributed by atoms with Crippen LogP contribution in [0, 0.1) is 0 Å². The van der Waals surface area contributed by atoms with Gasteiger partial charge in [-0.3, -0.25) is 10.1 Å². The first kappa shape index (κ1) is 11.5. The minimum Gasteiger partial charge on any atom is -0.468 e. The van der Waals surface area contributed by atoms with Crippen LogP contribution in [0.4, 0.5) is 0 Å². The highest BCUT2D eigenvalue weighted by molar-refractivity contribution is 5.80. The van der Waals surface area contributed by atoms with Crippen molar-refractivity contribution in [2.45, 2.75) is 37.8 Å². The number of rotatable bonds is 6. The Bertz CT molecular complexity index is 204. The summed E-state index contributed by atoms with van der Waals surface area (Å²) in [6, 6.07) is 0.482. The van der Waals surface area contributed by atoms with Gasteiger partial charge in [-0.05, 0) is 26.2 Å². The molecule has 0 bridgehead atoms. The van der Waals surface area contributed by atoms with Crippen LogP contribution in [0.25, 0.3) is 0 Å². The van der Waals surface area contributed by atoms with Crippen LogP contribution in [-0.4, -0.2) is 38.4 Å². The number of carbonyl (C=O) groups is 1. The third-order valence-electron chi connectivity index (χ3n) is 2.54. The lowest BCUT2D eigenvalue weighted by Gasteiger charge is -2.27. The van der Waals surface area contributed by atoms with Crippen molar-refractivity contribution < 1.29 is 14.3 Å². The standard InChI is InChI=1S/C10H19NO3/c1-10(6-7-13-2,9(12)14-3)11-8-4-5-8/h8,11H,4-7H2,1-3H3. The van der Waals surface area contributed by atoms with E-state index in [1.807, 2.05) is 6.92 Å². The third-order valence-corrected chi connectivity index (χ3v) is 2.54. The van der Waals surface area contributed by atoms with E-state index in [4.69, 9.17) is 9.47 Å². The molecule has 1 atom stereocenters. The lowest BCUT2D eigenvalue weighted by Crippen LogP contribution is -2.51. The average molecular weight is 201 g/mol. The number of nitrogens with one attached hydrogen (secondary N) is 1. The van der Waals surface area contributed by atoms with Gasteiger partial charge in [0.2, 0.25) is 0 Å². The average Bonchev–Trinajstić information content (AvgIpc) is 2.97. The van der Waals surface area contributed by atoms with Gasteiger partial charge in [-0.25, -0.2) is 0 Å². The van der Waals surface area contributed by atoms with Gasteiger partial charge in [0.1, 0.15) is 5.54 Å². The fourth-order valence-corrected chi connectivity index (χ4v) is 1.44. The summed E-state index contributed by atoms with van der Waals surface area (Å²) in [6.45, 7) is 2.43. The number of hydrogen-bond acceptors (Lipinski definition) is 4. The van der Waals surface area contributed by atoms with E-state index in [1.54, 1.807) is 7.11 Å². The summed E-state index contributed by atoms with van der Waals surface area (Å²) in [4.78, 5) is 11.6. The van der Waals surface area contributed by atoms with E-state index >= 15 is 0 Å². The second kappa shape index (κ2) is 4.75. The van der Waals surface area contributed by atoms with Gasteiger partial charge in [0, 0.05) is 19.8 Å². The van der Waals surface area contributed by atoms with Crippen molar-refractivity contribution in [3.8, 4) is 0 Å². The summed E-state index contributed by atoms with van der Waals surface area (Å²) < 4.78 is 9.77. The Kier molecular flexibility index (Phi) is 3.89. The molecule has 0 aromatic carbocycles. The quantitative estimate of drug-likeness (QED) is 0.643. The maximum atomic E-state index is 11.6. The lowest BCUT2D eigenvalue weighted by atomic mass is 9.98. The van der Waals surface area contributed by atoms with Gasteiger partial charge in [0.05, 0.1) is 7.11 Å². The second-order valence-electron chi connectivity index (χ2n) is 3.99. The molecule has 1 rings (SSSR count). The van der Waals surface area contributed by atoms with Crippen LogP contribution in [0.15, 0.2) is 0 Å². The first-order chi connectivity index (χ1) is 6.62. The lowest BCUT2D eigenvalue weighted by molar-refractivity contribution is -0.148. The highest BCUT2D eigenvalue weighted by atomic mass is 16.5. The number of esters is 1. The molecule has 0 heterocycles. The SMILES string of the molecule is COCCC(C)(NC1CC1)C(=O)OC. The second-order valence-corrected chi connectivity index (χ2v) is 3.99. The Hall–Kier alpha value is -0.610. The van der Waals surface area contributed by atoms with E-state index in [9.17, 15) is 4.79 Å². The van der Waals surface area contributed by atoms with Crippen LogP contribution in [-0.2, 0) is 14.3 Å². The number of carbonyl (C=O) groups excluding carboxylic acids is 1. The molecule has 1 N–H and O–H groups in total. The molecule has 0 aliphatic heterocycles. The van der Waals surface area contributed by atoms with Crippen molar-refractivity contribution >= 4 is 5.97 Å². The Balaban J connectivity index is 2.51. The third kappa shape index (κ3) is 2.96. The maximum absolute atomic E-state index is 11.6. The van der Waals surface area contributed by atoms with E-state index in [0.29, 0.717) is 19.1 Å². The van der Waals surface area contributed by atoms with Crippen molar-refractivity contribution in [1.29, 1.82) is 0 Å². The molecule has 1 aliphatic rings. The molecular formula is C10H19NO3. The van der Waals surface area contributed by atoms with Crippen LogP contribution in [0.5, 0.6) is 0 Å². The predicted octanol–water partition coefficient (Wildman–Crippen LogP) is 0.707. The Morgan fingerprint density at radius 2 is 2.14 bits per heavy atom. The van der Waals surface area contributed by atoms with E-state index in [1.165, 1.54) is 7.11 Å². The zero-order chi connectivity index (χ0) is 10.6. The van der Waals surface area contributed by atoms with Crippen LogP contribution in [0.1, 0.15) is 26.2 Å². The summed E-state index contributed by atoms with van der Waals surface area (Å²) in [6.07, 6.45) is 2.95. The van der Waals surface area contributed by atoms with Gasteiger partial charge in [0.15, 0.2) is 0 Å². The summed E-state index contributed by atoms with van der Waals surface area (Å²) in [5, 5.41) is 3.30. The molecule has 1 fully saturated rings. The normalized spacial score (nSPS) is 20.2. The van der Waals surface area contributed by atoms with Crippen molar-refractivity contribution in [3.63, 3.8) is 0 Å². The Labute approximate surface area is 85.0 Å². The molecule has 82 valence electrons. The van der Waals surface area contributed by atoms with Gasteiger partial charge < -0.3 is 9.47 Å². The largest absolute Gasteiger partial charge is 0.468 e. The van der Waals surface area contributed by atoms with Crippen LogP contribution >= 0.6 is 0 Å². The van der Waals surface area contributed by atoms with E-state index in [-0.39, 0.29) is 5.97 Å². The number of hydrogen-bond donors (Lipinski definition) is 1. The molecule has 0 spiro atoms. The smallest absolute Gasteiger partial charge is 0.325 e. The van der Waals surface area contributed by atoms with Gasteiger partial charge >= 0.3 is 5.97 Å². The zero-order valence-corrected chi connectivity index (χ0v) is 9.13. The van der Waals surface area contributed by atoms with Crippen LogP contribution < -0.4 is 5.32 Å². The molecule has 1 aliphatic carbocycles. The highest BCUT2D eigenvalue weighted by Gasteiger charge is 2.38. The molecule has 1 unspecified atom stereocenters. The van der Waals surface area contributed by atoms with E-state index in [2.05, 4.69) is 5.32 Å². The van der Waals surface area contributed by atoms with Crippen molar-refractivity contribution in [1.82, 2.24) is 5.32 Å². The molecule has 0 saturated heterocycles. The minimum absolute atomic E-state index is 0.207. The topological polar surface area (TPSA) is 47.6 Å². The van der Waals surface area contributed by atoms with E-state index < -0.39 is 5.54 Å². The van der Waals surface area contributed by atoms with E-state index in [0.717, 1.165) is 12.8 Å². The molecule has 0 aromatic rings. The van der Waals surface area contributed by atoms with Crippen molar-refractivity contribution in [2.75, 3.05) is 20.8 Å². The summed E-state index contributed by atoms with van der Waals surface area (Å²) >= 11 is 0. The van der Waals surface area contributed by atoms with Gasteiger partial charge in [-0.15, -0.1) is 0 Å². The fourth-order valence-electron chi connectivity index (χ4n) is 1.44. The molecule has 4 nitrogen and oxygen atoms in total. The summed E-state index contributed by atoms with van der Waals surface area (Å²) in [7, 11) is 3.05. The molecular weight excluding hydrogens is 182 g/mol. The molecule has 1 saturated carbocycles. The molecule has 14 heavy (non-hydrogen) atoms. The summed E-state index contributed by atoms with van der Waals surface area (Å²) in [5.41, 5.74) is -0.591. The molecule has 0 radical (unpaired) electrons. The van der Waals surface area contributed by atoms with Crippen molar-refractivity contribution in [3.05, 3.63) is 0 Å². The first-order valence-corrected chi connectivity index (χ1v) is 4.97. The molecule has 0 aromatic heterocycles. The van der Waals surface area contributed by atoms with Crippen molar-refractivity contribution in [2.24, 2.45) is 0 Å². The first-order valence-electron chi connectivity index (χ1n) is 4.97. The van der Waals surface area contributed by atoms with Gasteiger partial charge in [0.25, 0.3) is 0 Å². The number of ether oxygens (including phenoxy) is 2.